The number of amides is 2. The minimum Gasteiger partial charge on any atom is -0.449 e. The van der Waals surface area contributed by atoms with Gasteiger partial charge < -0.3 is 15.0 Å². The van der Waals surface area contributed by atoms with Crippen LogP contribution in [0.15, 0.2) is 48.5 Å². The van der Waals surface area contributed by atoms with Crippen LogP contribution in [0.4, 0.5) is 11.4 Å². The largest absolute Gasteiger partial charge is 0.449 e. The van der Waals surface area contributed by atoms with Gasteiger partial charge in [-0.1, -0.05) is 24.3 Å². The van der Waals surface area contributed by atoms with Gasteiger partial charge in [-0.3, -0.25) is 19.7 Å². The summed E-state index contributed by atoms with van der Waals surface area (Å²) in [5.74, 6) is -1.25. The number of benzene rings is 2. The molecule has 0 bridgehead atoms. The van der Waals surface area contributed by atoms with Gasteiger partial charge in [0.15, 0.2) is 6.10 Å². The minimum atomic E-state index is -1.15. The predicted molar refractivity (Wildman–Crippen MR) is 108 cm³/mol. The van der Waals surface area contributed by atoms with Crippen molar-refractivity contribution in [1.29, 1.82) is 0 Å². The maximum Gasteiger partial charge on any atom is 0.338 e. The summed E-state index contributed by atoms with van der Waals surface area (Å²) in [7, 11) is 0. The van der Waals surface area contributed by atoms with E-state index < -0.39 is 22.9 Å². The first-order chi connectivity index (χ1) is 14.3. The number of nitrogens with one attached hydrogen (secondary N) is 1. The highest BCUT2D eigenvalue weighted by atomic mass is 16.6. The van der Waals surface area contributed by atoms with Gasteiger partial charge in [0.05, 0.1) is 10.5 Å². The maximum absolute atomic E-state index is 12.3. The lowest BCUT2D eigenvalue weighted by Gasteiger charge is -2.16. The SMILES string of the molecule is C[C@@H](OC(=O)c1ccc(CN2CCCC2=O)cc1)C(=O)Nc1ccccc1[N+](=O)[O-]. The zero-order valence-electron chi connectivity index (χ0n) is 16.4. The number of carbonyl (C=O) groups is 3. The van der Waals surface area contributed by atoms with E-state index in [0.29, 0.717) is 13.0 Å². The standard InChI is InChI=1S/C21H21N3O6/c1-14(20(26)22-17-5-2-3-6-18(17)24(28)29)30-21(27)16-10-8-15(9-11-16)13-23-12-4-7-19(23)25/h2-3,5-6,8-11,14H,4,7,12-13H2,1H3,(H,22,26)/t14-/m1/s1. The number of hydrogen-bond donors (Lipinski definition) is 1. The van der Waals surface area contributed by atoms with Crippen LogP contribution >= 0.6 is 0 Å². The van der Waals surface area contributed by atoms with Gasteiger partial charge in [-0.15, -0.1) is 0 Å². The molecule has 9 heteroatoms. The molecule has 9 nitrogen and oxygen atoms in total. The number of hydrogen-bond acceptors (Lipinski definition) is 6. The Kier molecular flexibility index (Phi) is 6.41. The zero-order chi connectivity index (χ0) is 21.7. The van der Waals surface area contributed by atoms with Crippen molar-refractivity contribution in [3.63, 3.8) is 0 Å². The van der Waals surface area contributed by atoms with Crippen LogP contribution in [0.25, 0.3) is 0 Å². The Labute approximate surface area is 172 Å². The summed E-state index contributed by atoms with van der Waals surface area (Å²) >= 11 is 0. The number of likely N-dealkylation sites (tertiary alicyclic amines) is 1. The smallest absolute Gasteiger partial charge is 0.338 e. The Hall–Kier alpha value is -3.75. The van der Waals surface area contributed by atoms with Gasteiger partial charge in [0, 0.05) is 25.6 Å². The lowest BCUT2D eigenvalue weighted by molar-refractivity contribution is -0.383. The number of ether oxygens (including phenoxy) is 1. The molecule has 1 atom stereocenters. The van der Waals surface area contributed by atoms with Gasteiger partial charge in [-0.25, -0.2) is 4.79 Å². The second-order valence-electron chi connectivity index (χ2n) is 6.93. The first-order valence-corrected chi connectivity index (χ1v) is 9.47. The molecule has 0 spiro atoms. The summed E-state index contributed by atoms with van der Waals surface area (Å²) in [6, 6.07) is 12.3. The highest BCUT2D eigenvalue weighted by Crippen LogP contribution is 2.23. The average Bonchev–Trinajstić information content (AvgIpc) is 3.13. The van der Waals surface area contributed by atoms with Crippen LogP contribution < -0.4 is 5.32 Å². The highest BCUT2D eigenvalue weighted by molar-refractivity contribution is 5.98. The van der Waals surface area contributed by atoms with Crippen molar-refractivity contribution in [2.24, 2.45) is 0 Å². The first kappa shape index (κ1) is 21.0. The molecule has 30 heavy (non-hydrogen) atoms. The third-order valence-corrected chi connectivity index (χ3v) is 4.75. The van der Waals surface area contributed by atoms with E-state index in [-0.39, 0.29) is 22.8 Å². The summed E-state index contributed by atoms with van der Waals surface area (Å²) in [5.41, 5.74) is 0.925. The number of rotatable bonds is 7. The molecule has 2 aromatic carbocycles. The molecule has 3 rings (SSSR count). The van der Waals surface area contributed by atoms with Crippen molar-refractivity contribution in [2.45, 2.75) is 32.4 Å². The number of para-hydroxylation sites is 2. The average molecular weight is 411 g/mol. The van der Waals surface area contributed by atoms with E-state index in [1.807, 2.05) is 0 Å². The number of carbonyl (C=O) groups excluding carboxylic acids is 3. The monoisotopic (exact) mass is 411 g/mol. The number of nitrogens with zero attached hydrogens (tertiary/aromatic N) is 2. The van der Waals surface area contributed by atoms with E-state index in [2.05, 4.69) is 5.32 Å². The lowest BCUT2D eigenvalue weighted by Crippen LogP contribution is -2.30. The van der Waals surface area contributed by atoms with Gasteiger partial charge >= 0.3 is 5.97 Å². The van der Waals surface area contributed by atoms with E-state index in [1.165, 1.54) is 25.1 Å². The number of anilines is 1. The van der Waals surface area contributed by atoms with Crippen molar-refractivity contribution in [3.05, 3.63) is 69.8 Å². The second-order valence-corrected chi connectivity index (χ2v) is 6.93. The molecule has 0 aromatic heterocycles. The van der Waals surface area contributed by atoms with Gasteiger partial charge in [0.1, 0.15) is 5.69 Å². The molecule has 1 aliphatic heterocycles. The van der Waals surface area contributed by atoms with E-state index in [0.717, 1.165) is 18.5 Å². The van der Waals surface area contributed by atoms with E-state index in [4.69, 9.17) is 4.74 Å². The fourth-order valence-electron chi connectivity index (χ4n) is 3.09. The Bertz CT molecular complexity index is 973. The summed E-state index contributed by atoms with van der Waals surface area (Å²) in [6.45, 7) is 2.60. The van der Waals surface area contributed by atoms with Crippen molar-refractivity contribution >= 4 is 29.2 Å². The summed E-state index contributed by atoms with van der Waals surface area (Å²) in [5, 5.41) is 13.4. The first-order valence-electron chi connectivity index (χ1n) is 9.47. The van der Waals surface area contributed by atoms with Crippen molar-refractivity contribution < 1.29 is 24.0 Å². The van der Waals surface area contributed by atoms with Crippen LogP contribution in [0.3, 0.4) is 0 Å². The second kappa shape index (κ2) is 9.17. The molecular formula is C21H21N3O6. The Morgan fingerprint density at radius 2 is 1.90 bits per heavy atom. The molecule has 0 saturated carbocycles. The molecule has 1 fully saturated rings. The van der Waals surface area contributed by atoms with Crippen molar-refractivity contribution in [1.82, 2.24) is 4.90 Å². The van der Waals surface area contributed by atoms with Gasteiger partial charge in [-0.2, -0.15) is 0 Å². The van der Waals surface area contributed by atoms with Gasteiger partial charge in [-0.05, 0) is 37.1 Å². The van der Waals surface area contributed by atoms with Crippen LogP contribution in [-0.4, -0.2) is 40.3 Å². The molecule has 1 aliphatic rings. The van der Waals surface area contributed by atoms with Crippen LogP contribution in [0, 0.1) is 10.1 Å². The molecule has 156 valence electrons. The Morgan fingerprint density at radius 1 is 1.20 bits per heavy atom. The van der Waals surface area contributed by atoms with Crippen molar-refractivity contribution in [3.8, 4) is 0 Å². The predicted octanol–water partition coefficient (Wildman–Crippen LogP) is 2.90. The van der Waals surface area contributed by atoms with Crippen LogP contribution in [0.5, 0.6) is 0 Å². The van der Waals surface area contributed by atoms with Crippen molar-refractivity contribution in [2.75, 3.05) is 11.9 Å². The third-order valence-electron chi connectivity index (χ3n) is 4.75. The molecule has 1 heterocycles. The highest BCUT2D eigenvalue weighted by Gasteiger charge is 2.23. The molecule has 2 amide bonds. The summed E-state index contributed by atoms with van der Waals surface area (Å²) in [4.78, 5) is 48.5. The fraction of sp³-hybridized carbons (Fsp3) is 0.286. The fourth-order valence-corrected chi connectivity index (χ4v) is 3.09. The van der Waals surface area contributed by atoms with Gasteiger partial charge in [0.25, 0.3) is 11.6 Å². The van der Waals surface area contributed by atoms with E-state index in [9.17, 15) is 24.5 Å². The quantitative estimate of drug-likeness (QED) is 0.425. The summed E-state index contributed by atoms with van der Waals surface area (Å²) in [6.07, 6.45) is 0.269. The number of nitro benzene ring substituents is 1. The topological polar surface area (TPSA) is 119 Å². The van der Waals surface area contributed by atoms with Gasteiger partial charge in [0.2, 0.25) is 5.91 Å². The van der Waals surface area contributed by atoms with Crippen LogP contribution in [0.1, 0.15) is 35.7 Å². The van der Waals surface area contributed by atoms with E-state index in [1.54, 1.807) is 35.2 Å². The number of esters is 1. The van der Waals surface area contributed by atoms with Crippen LogP contribution in [0.2, 0.25) is 0 Å². The molecule has 2 aromatic rings. The molecule has 1 saturated heterocycles. The molecule has 0 radical (unpaired) electrons. The Morgan fingerprint density at radius 3 is 2.53 bits per heavy atom. The minimum absolute atomic E-state index is 0.0243. The maximum atomic E-state index is 12.3. The normalized spacial score (nSPS) is 14.3. The molecule has 0 aliphatic carbocycles. The van der Waals surface area contributed by atoms with E-state index >= 15 is 0 Å². The zero-order valence-corrected chi connectivity index (χ0v) is 16.4. The Balaban J connectivity index is 1.58. The third kappa shape index (κ3) is 4.99. The lowest BCUT2D eigenvalue weighted by atomic mass is 10.1. The molecule has 0 unspecified atom stereocenters. The van der Waals surface area contributed by atoms with Crippen LogP contribution in [-0.2, 0) is 20.9 Å². The summed E-state index contributed by atoms with van der Waals surface area (Å²) < 4.78 is 5.18. The number of nitro groups is 1. The molecule has 1 N–H and O–H groups in total. The molecular weight excluding hydrogens is 390 g/mol.